The molecule has 2 aromatic rings. The first-order valence-electron chi connectivity index (χ1n) is 6.33. The van der Waals surface area contributed by atoms with E-state index in [1.54, 1.807) is 0 Å². The van der Waals surface area contributed by atoms with Gasteiger partial charge in [0, 0.05) is 12.1 Å². The molecule has 3 rings (SSSR count). The van der Waals surface area contributed by atoms with Crippen LogP contribution in [-0.4, -0.2) is 6.61 Å². The van der Waals surface area contributed by atoms with Gasteiger partial charge in [-0.1, -0.05) is 48.0 Å². The second-order valence-corrected chi connectivity index (χ2v) is 4.77. The number of benzene rings is 2. The predicted octanol–water partition coefficient (Wildman–Crippen LogP) is 3.22. The highest BCUT2D eigenvalue weighted by molar-refractivity contribution is 5.39. The van der Waals surface area contributed by atoms with Gasteiger partial charge in [0.1, 0.15) is 12.4 Å². The molecule has 0 aromatic heterocycles. The zero-order chi connectivity index (χ0) is 12.4. The van der Waals surface area contributed by atoms with Crippen LogP contribution in [0.25, 0.3) is 0 Å². The van der Waals surface area contributed by atoms with E-state index in [9.17, 15) is 0 Å². The summed E-state index contributed by atoms with van der Waals surface area (Å²) in [7, 11) is 0. The average molecular weight is 239 g/mol. The van der Waals surface area contributed by atoms with Crippen LogP contribution in [-0.2, 0) is 6.54 Å². The third-order valence-electron chi connectivity index (χ3n) is 3.33. The molecule has 0 radical (unpaired) electrons. The quantitative estimate of drug-likeness (QED) is 0.888. The number of para-hydroxylation sites is 1. The van der Waals surface area contributed by atoms with Crippen LogP contribution in [0.5, 0.6) is 5.75 Å². The number of nitrogens with one attached hydrogen (secondary N) is 1. The van der Waals surface area contributed by atoms with Crippen molar-refractivity contribution in [3.63, 3.8) is 0 Å². The first-order valence-corrected chi connectivity index (χ1v) is 6.33. The molecule has 1 heterocycles. The van der Waals surface area contributed by atoms with Gasteiger partial charge >= 0.3 is 0 Å². The number of aryl methyl sites for hydroxylation is 1. The first kappa shape index (κ1) is 11.3. The van der Waals surface area contributed by atoms with Gasteiger partial charge in [-0.2, -0.15) is 0 Å². The fraction of sp³-hybridized carbons (Fsp3) is 0.250. The summed E-state index contributed by atoms with van der Waals surface area (Å²) in [6, 6.07) is 17.2. The molecule has 18 heavy (non-hydrogen) atoms. The highest BCUT2D eigenvalue weighted by Crippen LogP contribution is 2.31. The summed E-state index contributed by atoms with van der Waals surface area (Å²) in [5.74, 6) is 1.01. The van der Waals surface area contributed by atoms with Crippen LogP contribution in [0.2, 0.25) is 0 Å². The van der Waals surface area contributed by atoms with Crippen molar-refractivity contribution in [1.82, 2.24) is 5.32 Å². The molecule has 2 aromatic carbocycles. The Morgan fingerprint density at radius 3 is 2.94 bits per heavy atom. The second-order valence-electron chi connectivity index (χ2n) is 4.77. The molecule has 1 unspecified atom stereocenters. The van der Waals surface area contributed by atoms with Gasteiger partial charge in [0.25, 0.3) is 0 Å². The van der Waals surface area contributed by atoms with Crippen molar-refractivity contribution in [2.45, 2.75) is 19.5 Å². The summed E-state index contributed by atoms with van der Waals surface area (Å²) in [6.45, 7) is 3.73. The molecule has 1 aliphatic heterocycles. The molecule has 0 fully saturated rings. The molecular formula is C16H17NO. The lowest BCUT2D eigenvalue weighted by molar-refractivity contribution is 0.310. The summed E-state index contributed by atoms with van der Waals surface area (Å²) in [4.78, 5) is 0. The lowest BCUT2D eigenvalue weighted by atomic mass is 10.1. The Balaban J connectivity index is 1.69. The first-order chi connectivity index (χ1) is 8.83. The minimum atomic E-state index is 0.307. The lowest BCUT2D eigenvalue weighted by Crippen LogP contribution is -2.21. The summed E-state index contributed by atoms with van der Waals surface area (Å²) in [5, 5.41) is 3.56. The highest BCUT2D eigenvalue weighted by atomic mass is 16.5. The van der Waals surface area contributed by atoms with Crippen molar-refractivity contribution in [3.05, 3.63) is 65.2 Å². The fourth-order valence-corrected chi connectivity index (χ4v) is 2.39. The largest absolute Gasteiger partial charge is 0.491 e. The molecule has 0 spiro atoms. The molecule has 0 amide bonds. The molecule has 2 nitrogen and oxygen atoms in total. The Morgan fingerprint density at radius 1 is 1.17 bits per heavy atom. The summed E-state index contributed by atoms with van der Waals surface area (Å²) >= 11 is 0. The highest BCUT2D eigenvalue weighted by Gasteiger charge is 2.22. The summed E-state index contributed by atoms with van der Waals surface area (Å²) in [5.41, 5.74) is 3.89. The van der Waals surface area contributed by atoms with Gasteiger partial charge in [-0.25, -0.2) is 0 Å². The molecule has 1 aliphatic rings. The molecular weight excluding hydrogens is 222 g/mol. The second kappa shape index (κ2) is 4.83. The standard InChI is InChI=1S/C16H17NO/c1-12-5-4-6-13(9-12)10-17-15-11-18-16-8-3-2-7-14(15)16/h2-9,15,17H,10-11H2,1H3. The van der Waals surface area contributed by atoms with Crippen LogP contribution >= 0.6 is 0 Å². The van der Waals surface area contributed by atoms with E-state index < -0.39 is 0 Å². The summed E-state index contributed by atoms with van der Waals surface area (Å²) in [6.07, 6.45) is 0. The van der Waals surface area contributed by atoms with Gasteiger partial charge in [-0.15, -0.1) is 0 Å². The normalized spacial score (nSPS) is 17.3. The van der Waals surface area contributed by atoms with Gasteiger partial charge in [0.05, 0.1) is 6.04 Å². The number of rotatable bonds is 3. The van der Waals surface area contributed by atoms with E-state index in [1.165, 1.54) is 16.7 Å². The molecule has 1 atom stereocenters. The maximum Gasteiger partial charge on any atom is 0.124 e. The number of ether oxygens (including phenoxy) is 1. The van der Waals surface area contributed by atoms with Gasteiger partial charge in [0.2, 0.25) is 0 Å². The van der Waals surface area contributed by atoms with Crippen LogP contribution in [0.4, 0.5) is 0 Å². The Hall–Kier alpha value is -1.80. The Labute approximate surface area is 108 Å². The van der Waals surface area contributed by atoms with Crippen molar-refractivity contribution >= 4 is 0 Å². The van der Waals surface area contributed by atoms with Crippen LogP contribution in [0.1, 0.15) is 22.7 Å². The molecule has 92 valence electrons. The monoisotopic (exact) mass is 239 g/mol. The van der Waals surface area contributed by atoms with Crippen molar-refractivity contribution in [2.75, 3.05) is 6.61 Å². The summed E-state index contributed by atoms with van der Waals surface area (Å²) < 4.78 is 5.66. The van der Waals surface area contributed by atoms with Crippen molar-refractivity contribution in [2.24, 2.45) is 0 Å². The average Bonchev–Trinajstić information content (AvgIpc) is 2.80. The van der Waals surface area contributed by atoms with Gasteiger partial charge in [-0.05, 0) is 18.6 Å². The van der Waals surface area contributed by atoms with Gasteiger partial charge in [-0.3, -0.25) is 0 Å². The predicted molar refractivity (Wildman–Crippen MR) is 72.7 cm³/mol. The third-order valence-corrected chi connectivity index (χ3v) is 3.33. The molecule has 0 aliphatic carbocycles. The molecule has 1 N–H and O–H groups in total. The van der Waals surface area contributed by atoms with Crippen molar-refractivity contribution in [3.8, 4) is 5.75 Å². The van der Waals surface area contributed by atoms with Crippen LogP contribution in [0, 0.1) is 6.92 Å². The smallest absolute Gasteiger partial charge is 0.124 e. The van der Waals surface area contributed by atoms with Gasteiger partial charge < -0.3 is 10.1 Å². The van der Waals surface area contributed by atoms with Crippen LogP contribution < -0.4 is 10.1 Å². The van der Waals surface area contributed by atoms with Gasteiger partial charge in [0.15, 0.2) is 0 Å². The molecule has 2 heteroatoms. The Kier molecular flexibility index (Phi) is 3.03. The SMILES string of the molecule is Cc1cccc(CNC2COc3ccccc32)c1. The molecule has 0 bridgehead atoms. The minimum Gasteiger partial charge on any atom is -0.491 e. The van der Waals surface area contributed by atoms with Crippen LogP contribution in [0.15, 0.2) is 48.5 Å². The van der Waals surface area contributed by atoms with E-state index in [0.29, 0.717) is 6.04 Å². The molecule has 0 saturated carbocycles. The van der Waals surface area contributed by atoms with E-state index in [1.807, 2.05) is 12.1 Å². The number of hydrogen-bond donors (Lipinski definition) is 1. The fourth-order valence-electron chi connectivity index (χ4n) is 2.39. The third kappa shape index (κ3) is 2.24. The van der Waals surface area contributed by atoms with E-state index >= 15 is 0 Å². The van der Waals surface area contributed by atoms with E-state index in [4.69, 9.17) is 4.74 Å². The van der Waals surface area contributed by atoms with Crippen LogP contribution in [0.3, 0.4) is 0 Å². The number of fused-ring (bicyclic) bond motifs is 1. The van der Waals surface area contributed by atoms with E-state index in [2.05, 4.69) is 48.6 Å². The maximum absolute atomic E-state index is 5.66. The van der Waals surface area contributed by atoms with E-state index in [-0.39, 0.29) is 0 Å². The minimum absolute atomic E-state index is 0.307. The topological polar surface area (TPSA) is 21.3 Å². The Morgan fingerprint density at radius 2 is 2.06 bits per heavy atom. The lowest BCUT2D eigenvalue weighted by Gasteiger charge is -2.11. The number of hydrogen-bond acceptors (Lipinski definition) is 2. The van der Waals surface area contributed by atoms with Crippen molar-refractivity contribution < 1.29 is 4.74 Å². The van der Waals surface area contributed by atoms with E-state index in [0.717, 1.165) is 18.9 Å². The zero-order valence-electron chi connectivity index (χ0n) is 10.5. The van der Waals surface area contributed by atoms with Crippen molar-refractivity contribution in [1.29, 1.82) is 0 Å². The maximum atomic E-state index is 5.66. The Bertz CT molecular complexity index is 550. The zero-order valence-corrected chi connectivity index (χ0v) is 10.5. The molecule has 0 saturated heterocycles.